The highest BCUT2D eigenvalue weighted by Crippen LogP contribution is 2.28. The molecule has 0 saturated carbocycles. The van der Waals surface area contributed by atoms with Crippen LogP contribution in [0.1, 0.15) is 32.1 Å². The Balaban J connectivity index is 1.52. The molecular formula is C17H27N3O2. The fourth-order valence-corrected chi connectivity index (χ4v) is 3.44. The van der Waals surface area contributed by atoms with E-state index in [2.05, 4.69) is 21.3 Å². The average Bonchev–Trinajstić information content (AvgIpc) is 3.23. The second-order valence-corrected chi connectivity index (χ2v) is 6.45. The first-order chi connectivity index (χ1) is 10.8. The van der Waals surface area contributed by atoms with Gasteiger partial charge in [-0.2, -0.15) is 0 Å². The highest BCUT2D eigenvalue weighted by atomic mass is 16.5. The summed E-state index contributed by atoms with van der Waals surface area (Å²) in [5.74, 6) is 1.56. The maximum absolute atomic E-state index is 8.95. The summed E-state index contributed by atoms with van der Waals surface area (Å²) in [7, 11) is 0. The van der Waals surface area contributed by atoms with Gasteiger partial charge in [0.2, 0.25) is 0 Å². The van der Waals surface area contributed by atoms with Crippen LogP contribution in [0.3, 0.4) is 0 Å². The van der Waals surface area contributed by atoms with Crippen molar-refractivity contribution in [3.05, 3.63) is 18.5 Å². The SMILES string of the molecule is OCCC[C@@H]1CCN(c2cncc(OCC3CCCN3)c2)C1. The van der Waals surface area contributed by atoms with Gasteiger partial charge in [0.25, 0.3) is 0 Å². The maximum Gasteiger partial charge on any atom is 0.139 e. The molecule has 0 bridgehead atoms. The van der Waals surface area contributed by atoms with E-state index in [1.54, 1.807) is 6.20 Å². The van der Waals surface area contributed by atoms with Gasteiger partial charge in [0.1, 0.15) is 12.4 Å². The number of nitrogens with one attached hydrogen (secondary N) is 1. The number of pyridine rings is 1. The van der Waals surface area contributed by atoms with E-state index in [9.17, 15) is 0 Å². The summed E-state index contributed by atoms with van der Waals surface area (Å²) in [5.41, 5.74) is 1.16. The zero-order chi connectivity index (χ0) is 15.2. The lowest BCUT2D eigenvalue weighted by atomic mass is 10.0. The van der Waals surface area contributed by atoms with Crippen molar-refractivity contribution in [3.63, 3.8) is 0 Å². The molecule has 1 unspecified atom stereocenters. The normalized spacial score (nSPS) is 24.9. The van der Waals surface area contributed by atoms with Crippen LogP contribution >= 0.6 is 0 Å². The minimum Gasteiger partial charge on any atom is -0.490 e. The van der Waals surface area contributed by atoms with Gasteiger partial charge in [0.05, 0.1) is 18.1 Å². The number of rotatable bonds is 7. The van der Waals surface area contributed by atoms with Crippen LogP contribution in [0.2, 0.25) is 0 Å². The second kappa shape index (κ2) is 7.79. The van der Waals surface area contributed by atoms with Gasteiger partial charge in [-0.1, -0.05) is 0 Å². The average molecular weight is 305 g/mol. The van der Waals surface area contributed by atoms with Crippen LogP contribution in [0.15, 0.2) is 18.5 Å². The van der Waals surface area contributed by atoms with Crippen LogP contribution in [0, 0.1) is 5.92 Å². The van der Waals surface area contributed by atoms with Gasteiger partial charge in [0, 0.05) is 31.8 Å². The van der Waals surface area contributed by atoms with Crippen molar-refractivity contribution in [2.45, 2.75) is 38.1 Å². The summed E-state index contributed by atoms with van der Waals surface area (Å²) in [6.45, 7) is 4.27. The zero-order valence-electron chi connectivity index (χ0n) is 13.2. The number of hydrogen-bond acceptors (Lipinski definition) is 5. The summed E-state index contributed by atoms with van der Waals surface area (Å²) >= 11 is 0. The maximum atomic E-state index is 8.95. The quantitative estimate of drug-likeness (QED) is 0.804. The third-order valence-electron chi connectivity index (χ3n) is 4.73. The molecule has 5 heteroatoms. The number of aliphatic hydroxyl groups is 1. The van der Waals surface area contributed by atoms with E-state index >= 15 is 0 Å². The van der Waals surface area contributed by atoms with Gasteiger partial charge >= 0.3 is 0 Å². The van der Waals surface area contributed by atoms with E-state index in [0.29, 0.717) is 18.6 Å². The predicted molar refractivity (Wildman–Crippen MR) is 87.4 cm³/mol. The largest absolute Gasteiger partial charge is 0.490 e. The first-order valence-electron chi connectivity index (χ1n) is 8.52. The Morgan fingerprint density at radius 1 is 1.36 bits per heavy atom. The van der Waals surface area contributed by atoms with Gasteiger partial charge in [-0.25, -0.2) is 0 Å². The van der Waals surface area contributed by atoms with E-state index in [-0.39, 0.29) is 0 Å². The number of aromatic nitrogens is 1. The smallest absolute Gasteiger partial charge is 0.139 e. The van der Waals surface area contributed by atoms with Crippen LogP contribution in [-0.4, -0.2) is 49.0 Å². The predicted octanol–water partition coefficient (Wildman–Crippen LogP) is 1.81. The Hall–Kier alpha value is -1.33. The van der Waals surface area contributed by atoms with E-state index < -0.39 is 0 Å². The molecule has 0 aromatic carbocycles. The number of anilines is 1. The lowest BCUT2D eigenvalue weighted by Crippen LogP contribution is -2.28. The molecule has 2 fully saturated rings. The van der Waals surface area contributed by atoms with E-state index in [1.807, 2.05) is 6.20 Å². The van der Waals surface area contributed by atoms with Crippen molar-refractivity contribution < 1.29 is 9.84 Å². The summed E-state index contributed by atoms with van der Waals surface area (Å²) in [5, 5.41) is 12.4. The summed E-state index contributed by atoms with van der Waals surface area (Å²) < 4.78 is 5.90. The third kappa shape index (κ3) is 4.11. The number of nitrogens with zero attached hydrogens (tertiary/aromatic N) is 2. The van der Waals surface area contributed by atoms with Crippen molar-refractivity contribution in [2.24, 2.45) is 5.92 Å². The molecule has 22 heavy (non-hydrogen) atoms. The standard InChI is InChI=1S/C17H27N3O2/c21-8-2-3-14-5-7-20(12-14)16-9-17(11-18-10-16)22-13-15-4-1-6-19-15/h9-11,14-15,19,21H,1-8,12-13H2/t14-,15?/m1/s1. The summed E-state index contributed by atoms with van der Waals surface area (Å²) in [6, 6.07) is 2.59. The van der Waals surface area contributed by atoms with Crippen LogP contribution < -0.4 is 15.0 Å². The van der Waals surface area contributed by atoms with E-state index in [1.165, 1.54) is 19.3 Å². The number of aliphatic hydroxyl groups excluding tert-OH is 1. The molecule has 1 aromatic heterocycles. The lowest BCUT2D eigenvalue weighted by Gasteiger charge is -2.19. The van der Waals surface area contributed by atoms with Gasteiger partial charge in [-0.15, -0.1) is 0 Å². The minimum atomic E-state index is 0.302. The van der Waals surface area contributed by atoms with E-state index in [4.69, 9.17) is 9.84 Å². The lowest BCUT2D eigenvalue weighted by molar-refractivity contribution is 0.274. The Kier molecular flexibility index (Phi) is 5.51. The molecule has 3 rings (SSSR count). The Bertz CT molecular complexity index is 463. The van der Waals surface area contributed by atoms with Crippen molar-refractivity contribution in [1.82, 2.24) is 10.3 Å². The first-order valence-corrected chi connectivity index (χ1v) is 8.52. The summed E-state index contributed by atoms with van der Waals surface area (Å²) in [6.07, 6.45) is 9.41. The highest BCUT2D eigenvalue weighted by molar-refractivity contribution is 5.49. The summed E-state index contributed by atoms with van der Waals surface area (Å²) in [4.78, 5) is 6.72. The van der Waals surface area contributed by atoms with Crippen LogP contribution in [0.5, 0.6) is 5.75 Å². The van der Waals surface area contributed by atoms with Crippen molar-refractivity contribution in [3.8, 4) is 5.75 Å². The Morgan fingerprint density at radius 3 is 3.14 bits per heavy atom. The van der Waals surface area contributed by atoms with Crippen molar-refractivity contribution in [2.75, 3.05) is 37.7 Å². The topological polar surface area (TPSA) is 57.6 Å². The molecule has 2 N–H and O–H groups in total. The molecule has 2 saturated heterocycles. The third-order valence-corrected chi connectivity index (χ3v) is 4.73. The molecule has 0 amide bonds. The monoisotopic (exact) mass is 305 g/mol. The molecule has 1 aromatic rings. The molecule has 0 spiro atoms. The second-order valence-electron chi connectivity index (χ2n) is 6.45. The fourth-order valence-electron chi connectivity index (χ4n) is 3.44. The minimum absolute atomic E-state index is 0.302. The Labute approximate surface area is 132 Å². The first kappa shape index (κ1) is 15.6. The number of hydrogen-bond donors (Lipinski definition) is 2. The fraction of sp³-hybridized carbons (Fsp3) is 0.706. The van der Waals surface area contributed by atoms with Crippen LogP contribution in [-0.2, 0) is 0 Å². The molecule has 2 aliphatic rings. The van der Waals surface area contributed by atoms with Gasteiger partial charge in [0.15, 0.2) is 0 Å². The molecule has 0 aliphatic carbocycles. The Morgan fingerprint density at radius 2 is 2.32 bits per heavy atom. The molecule has 0 radical (unpaired) electrons. The molecule has 2 aliphatic heterocycles. The van der Waals surface area contributed by atoms with Crippen molar-refractivity contribution >= 4 is 5.69 Å². The van der Waals surface area contributed by atoms with Crippen LogP contribution in [0.25, 0.3) is 0 Å². The van der Waals surface area contributed by atoms with Crippen LogP contribution in [0.4, 0.5) is 5.69 Å². The molecule has 2 atom stereocenters. The molecule has 5 nitrogen and oxygen atoms in total. The van der Waals surface area contributed by atoms with Gasteiger partial charge in [-0.05, 0) is 44.6 Å². The zero-order valence-corrected chi connectivity index (χ0v) is 13.2. The number of ether oxygens (including phenoxy) is 1. The highest BCUT2D eigenvalue weighted by Gasteiger charge is 2.23. The molecule has 3 heterocycles. The van der Waals surface area contributed by atoms with Gasteiger partial charge in [-0.3, -0.25) is 4.98 Å². The van der Waals surface area contributed by atoms with Gasteiger partial charge < -0.3 is 20.1 Å². The molecular weight excluding hydrogens is 278 g/mol. The van der Waals surface area contributed by atoms with E-state index in [0.717, 1.165) is 50.5 Å². The molecule has 122 valence electrons. The van der Waals surface area contributed by atoms with Crippen molar-refractivity contribution in [1.29, 1.82) is 0 Å².